The third-order valence-electron chi connectivity index (χ3n) is 5.51. The fraction of sp³-hybridized carbons (Fsp3) is 0.542. The zero-order chi connectivity index (χ0) is 27.3. The summed E-state index contributed by atoms with van der Waals surface area (Å²) in [6.45, 7) is 11.2. The Kier molecular flexibility index (Phi) is 9.21. The molecule has 0 fully saturated rings. The number of hydrogen-bond donors (Lipinski definition) is 1. The fourth-order valence-corrected chi connectivity index (χ4v) is 4.47. The number of halogens is 3. The minimum atomic E-state index is -4.96. The van der Waals surface area contributed by atoms with Crippen LogP contribution in [0.2, 0.25) is 0 Å². The molecule has 0 bridgehead atoms. The molecule has 1 aliphatic heterocycles. The quantitative estimate of drug-likeness (QED) is 0.300. The Hall–Kier alpha value is -3.09. The van der Waals surface area contributed by atoms with Gasteiger partial charge in [0.05, 0.1) is 23.6 Å². The lowest BCUT2D eigenvalue weighted by atomic mass is 9.99. The normalized spacial score (nSPS) is 14.8. The van der Waals surface area contributed by atoms with Crippen LogP contribution in [-0.4, -0.2) is 45.4 Å². The lowest BCUT2D eigenvalue weighted by Gasteiger charge is -2.33. The van der Waals surface area contributed by atoms with Crippen molar-refractivity contribution in [2.24, 2.45) is 16.1 Å². The van der Waals surface area contributed by atoms with E-state index in [4.69, 9.17) is 4.74 Å². The van der Waals surface area contributed by atoms with Crippen molar-refractivity contribution in [1.82, 2.24) is 9.97 Å². The molecule has 0 saturated heterocycles. The molecule has 0 spiro atoms. The van der Waals surface area contributed by atoms with Crippen LogP contribution in [0.1, 0.15) is 68.6 Å². The summed E-state index contributed by atoms with van der Waals surface area (Å²) in [6, 6.07) is 3.19. The number of anilines is 2. The number of benzene rings is 1. The third-order valence-corrected chi connectivity index (χ3v) is 6.33. The summed E-state index contributed by atoms with van der Waals surface area (Å²) in [5.74, 6) is -0.440. The van der Waals surface area contributed by atoms with Gasteiger partial charge in [-0.1, -0.05) is 27.7 Å². The van der Waals surface area contributed by atoms with Gasteiger partial charge in [0.15, 0.2) is 0 Å². The van der Waals surface area contributed by atoms with Gasteiger partial charge in [0.25, 0.3) is 5.95 Å². The molecule has 1 aliphatic rings. The van der Waals surface area contributed by atoms with Crippen molar-refractivity contribution >= 4 is 40.0 Å². The number of alkyl halides is 3. The lowest BCUT2D eigenvalue weighted by molar-refractivity contribution is -0.0379. The van der Waals surface area contributed by atoms with Gasteiger partial charge in [-0.25, -0.2) is 19.0 Å². The highest BCUT2D eigenvalue weighted by Gasteiger charge is 2.38. The molecule has 1 unspecified atom stereocenters. The largest absolute Gasteiger partial charge is 0.490 e. The summed E-state index contributed by atoms with van der Waals surface area (Å²) in [5.41, 5.74) is -2.65. The molecule has 2 aromatic rings. The molecule has 0 radical (unpaired) electrons. The van der Waals surface area contributed by atoms with Gasteiger partial charge >= 0.3 is 11.5 Å². The molecule has 3 rings (SSSR count). The summed E-state index contributed by atoms with van der Waals surface area (Å²) in [5, 5.41) is 8.15. The van der Waals surface area contributed by atoms with Gasteiger partial charge in [0.2, 0.25) is 11.0 Å². The van der Waals surface area contributed by atoms with E-state index in [1.165, 1.54) is 6.20 Å². The maximum absolute atomic E-state index is 13.1. The number of esters is 1. The number of carbonyl (C=O) groups is 1. The molecule has 202 valence electrons. The second kappa shape index (κ2) is 12.0. The average molecular weight is 541 g/mol. The fourth-order valence-electron chi connectivity index (χ4n) is 3.99. The first-order valence-electron chi connectivity index (χ1n) is 12.0. The van der Waals surface area contributed by atoms with Crippen LogP contribution >= 0.6 is 0 Å². The number of nitrogens with zero attached hydrogens (tertiary/aromatic N) is 5. The van der Waals surface area contributed by atoms with E-state index in [1.54, 1.807) is 19.1 Å². The minimum Gasteiger partial charge on any atom is -0.462 e. The van der Waals surface area contributed by atoms with Crippen LogP contribution in [0.25, 0.3) is 0 Å². The number of ether oxygens (including phenoxy) is 1. The number of aromatic nitrogens is 2. The molecule has 1 N–H and O–H groups in total. The molecular formula is C24H31F3N6O3S. The zero-order valence-corrected chi connectivity index (χ0v) is 22.2. The molecule has 1 atom stereocenters. The molecule has 1 aromatic heterocycles. The SMILES string of the molecule is CCOC(=O)c1cnc(N=Nc2cc3c(cc2NS(=O)C(F)(F)F)N(CC(C)C)CCC3)nc1C(C)C. The molecule has 1 aromatic carbocycles. The second-order valence-corrected chi connectivity index (χ2v) is 10.5. The average Bonchev–Trinajstić information content (AvgIpc) is 2.82. The standard InChI is InChI=1S/C24H31F3N6O3S/c1-6-36-22(34)17-12-28-23(29-21(17)15(4)5)31-30-18-10-16-8-7-9-33(13-14(2)3)20(16)11-19(18)32-37(35)24(25,26)27/h10-12,14-15,32H,6-9,13H2,1-5H3. The van der Waals surface area contributed by atoms with E-state index >= 15 is 0 Å². The minimum absolute atomic E-state index is 0.0685. The van der Waals surface area contributed by atoms with Crippen LogP contribution in [0.3, 0.4) is 0 Å². The van der Waals surface area contributed by atoms with Crippen molar-refractivity contribution in [3.8, 4) is 0 Å². The molecule has 2 heterocycles. The number of fused-ring (bicyclic) bond motifs is 1. The first kappa shape index (κ1) is 28.5. The van der Waals surface area contributed by atoms with E-state index in [0.717, 1.165) is 37.2 Å². The van der Waals surface area contributed by atoms with Crippen LogP contribution in [0.15, 0.2) is 28.6 Å². The molecule has 37 heavy (non-hydrogen) atoms. The number of hydrogen-bond acceptors (Lipinski definition) is 8. The van der Waals surface area contributed by atoms with Gasteiger partial charge in [-0.05, 0) is 49.3 Å². The Morgan fingerprint density at radius 3 is 2.59 bits per heavy atom. The molecule has 9 nitrogen and oxygen atoms in total. The lowest BCUT2D eigenvalue weighted by Crippen LogP contribution is -2.32. The van der Waals surface area contributed by atoms with Crippen molar-refractivity contribution in [3.63, 3.8) is 0 Å². The first-order chi connectivity index (χ1) is 17.4. The summed E-state index contributed by atoms with van der Waals surface area (Å²) in [7, 11) is -3.34. The Morgan fingerprint density at radius 1 is 1.24 bits per heavy atom. The molecule has 0 amide bonds. The maximum atomic E-state index is 13.1. The summed E-state index contributed by atoms with van der Waals surface area (Å²) in [6.07, 6.45) is 2.90. The monoisotopic (exact) mass is 540 g/mol. The van der Waals surface area contributed by atoms with Crippen LogP contribution in [0, 0.1) is 5.92 Å². The Balaban J connectivity index is 2.03. The van der Waals surface area contributed by atoms with E-state index in [0.29, 0.717) is 11.6 Å². The van der Waals surface area contributed by atoms with Crippen molar-refractivity contribution in [2.75, 3.05) is 29.3 Å². The number of carbonyl (C=O) groups excluding carboxylic acids is 1. The Bertz CT molecular complexity index is 1190. The Labute approximate surface area is 216 Å². The summed E-state index contributed by atoms with van der Waals surface area (Å²) >= 11 is 0. The topological polar surface area (TPSA) is 109 Å². The van der Waals surface area contributed by atoms with E-state index in [-0.39, 0.29) is 35.4 Å². The number of aryl methyl sites for hydroxylation is 1. The highest BCUT2D eigenvalue weighted by Crippen LogP contribution is 2.39. The van der Waals surface area contributed by atoms with Gasteiger partial charge in [-0.15, -0.1) is 10.2 Å². The molecular weight excluding hydrogens is 509 g/mol. The van der Waals surface area contributed by atoms with Crippen molar-refractivity contribution < 1.29 is 26.9 Å². The van der Waals surface area contributed by atoms with Crippen LogP contribution < -0.4 is 9.62 Å². The van der Waals surface area contributed by atoms with E-state index in [1.807, 2.05) is 18.6 Å². The van der Waals surface area contributed by atoms with Crippen molar-refractivity contribution in [1.29, 1.82) is 0 Å². The predicted molar refractivity (Wildman–Crippen MR) is 136 cm³/mol. The van der Waals surface area contributed by atoms with E-state index in [9.17, 15) is 22.2 Å². The van der Waals surface area contributed by atoms with Gasteiger partial charge in [0, 0.05) is 25.0 Å². The first-order valence-corrected chi connectivity index (χ1v) is 13.2. The van der Waals surface area contributed by atoms with Crippen molar-refractivity contribution in [3.05, 3.63) is 35.2 Å². The van der Waals surface area contributed by atoms with Crippen LogP contribution in [0.5, 0.6) is 0 Å². The van der Waals surface area contributed by atoms with Crippen molar-refractivity contribution in [2.45, 2.75) is 58.9 Å². The molecule has 0 aliphatic carbocycles. The molecule has 0 saturated carbocycles. The summed E-state index contributed by atoms with van der Waals surface area (Å²) in [4.78, 5) is 22.7. The second-order valence-electron chi connectivity index (χ2n) is 9.30. The third kappa shape index (κ3) is 7.24. The highest BCUT2D eigenvalue weighted by molar-refractivity contribution is 7.87. The summed E-state index contributed by atoms with van der Waals surface area (Å²) < 4.78 is 58.3. The Morgan fingerprint density at radius 2 is 1.97 bits per heavy atom. The van der Waals surface area contributed by atoms with Crippen LogP contribution in [-0.2, 0) is 22.1 Å². The smallest absolute Gasteiger partial charge is 0.462 e. The van der Waals surface area contributed by atoms with Crippen LogP contribution in [0.4, 0.5) is 36.2 Å². The molecule has 13 heteroatoms. The van der Waals surface area contributed by atoms with Gasteiger partial charge < -0.3 is 9.64 Å². The van der Waals surface area contributed by atoms with Gasteiger partial charge in [-0.2, -0.15) is 13.2 Å². The van der Waals surface area contributed by atoms with Gasteiger partial charge in [0.1, 0.15) is 5.69 Å². The predicted octanol–water partition coefficient (Wildman–Crippen LogP) is 6.20. The highest BCUT2D eigenvalue weighted by atomic mass is 32.2. The number of nitrogens with one attached hydrogen (secondary N) is 1. The maximum Gasteiger partial charge on any atom is 0.490 e. The zero-order valence-electron chi connectivity index (χ0n) is 21.4. The number of rotatable bonds is 9. The van der Waals surface area contributed by atoms with E-state index in [2.05, 4.69) is 38.9 Å². The van der Waals surface area contributed by atoms with Gasteiger partial charge in [-0.3, -0.25) is 4.72 Å². The van der Waals surface area contributed by atoms with E-state index < -0.39 is 22.5 Å². The number of azo groups is 1.